The lowest BCUT2D eigenvalue weighted by atomic mass is 9.95. The third-order valence-corrected chi connectivity index (χ3v) is 6.63. The van der Waals surface area contributed by atoms with E-state index in [1.54, 1.807) is 6.20 Å². The summed E-state index contributed by atoms with van der Waals surface area (Å²) in [5, 5.41) is 12.2. The third-order valence-electron chi connectivity index (χ3n) is 6.63. The summed E-state index contributed by atoms with van der Waals surface area (Å²) in [5.41, 5.74) is 10.1. The van der Waals surface area contributed by atoms with Crippen molar-refractivity contribution in [3.05, 3.63) is 48.6 Å². The molecule has 1 saturated heterocycles. The number of nitrogens with two attached hydrogens (primary N) is 1. The molecule has 0 bridgehead atoms. The molecule has 0 amide bonds. The van der Waals surface area contributed by atoms with Crippen LogP contribution in [-0.2, 0) is 6.42 Å². The van der Waals surface area contributed by atoms with Crippen molar-refractivity contribution < 1.29 is 0 Å². The molecule has 1 aromatic heterocycles. The highest BCUT2D eigenvalue weighted by Crippen LogP contribution is 2.23. The molecule has 2 unspecified atom stereocenters. The third kappa shape index (κ3) is 7.60. The molecule has 1 aromatic carbocycles. The van der Waals surface area contributed by atoms with E-state index in [1.807, 2.05) is 0 Å². The summed E-state index contributed by atoms with van der Waals surface area (Å²) in [7, 11) is 0. The highest BCUT2D eigenvalue weighted by Gasteiger charge is 2.21. The molecule has 1 aliphatic rings. The van der Waals surface area contributed by atoms with Crippen LogP contribution in [0, 0.1) is 24.2 Å². The molecule has 1 fully saturated rings. The molecule has 1 aliphatic heterocycles. The molecule has 4 N–H and O–H groups in total. The van der Waals surface area contributed by atoms with Gasteiger partial charge in [0, 0.05) is 5.56 Å². The molecule has 6 heteroatoms. The van der Waals surface area contributed by atoms with Gasteiger partial charge in [0.05, 0.1) is 17.6 Å². The van der Waals surface area contributed by atoms with Crippen LogP contribution in [0.25, 0.3) is 11.3 Å². The number of hydrogen-bond donors (Lipinski definition) is 3. The number of nitrogen functional groups attached to an aromatic ring is 1. The lowest BCUT2D eigenvalue weighted by molar-refractivity contribution is 0.138. The summed E-state index contributed by atoms with van der Waals surface area (Å²) in [5.74, 6) is 1.64. The summed E-state index contributed by atoms with van der Waals surface area (Å²) in [4.78, 5) is 11.6. The number of likely N-dealkylation sites (tertiary alicyclic amines) is 1. The quantitative estimate of drug-likeness (QED) is 0.234. The van der Waals surface area contributed by atoms with Crippen molar-refractivity contribution >= 4 is 11.5 Å². The summed E-state index contributed by atoms with van der Waals surface area (Å²) in [6, 6.07) is 8.66. The number of nitrogens with zero attached hydrogens (tertiary/aromatic N) is 3. The summed E-state index contributed by atoms with van der Waals surface area (Å²) in [6.45, 7) is 15.4. The maximum absolute atomic E-state index is 8.66. The summed E-state index contributed by atoms with van der Waals surface area (Å²) in [6.07, 6.45) is 7.86. The van der Waals surface area contributed by atoms with Gasteiger partial charge in [0.15, 0.2) is 5.82 Å². The topological polar surface area (TPSA) is 90.9 Å². The zero-order valence-corrected chi connectivity index (χ0v) is 21.3. The minimum Gasteiger partial charge on any atom is -0.382 e. The molecule has 0 saturated carbocycles. The molecule has 0 spiro atoms. The van der Waals surface area contributed by atoms with Crippen molar-refractivity contribution in [1.29, 1.82) is 5.41 Å². The van der Waals surface area contributed by atoms with Crippen LogP contribution in [0.1, 0.15) is 64.1 Å². The van der Waals surface area contributed by atoms with Crippen molar-refractivity contribution in [3.63, 3.8) is 0 Å². The fourth-order valence-corrected chi connectivity index (χ4v) is 4.73. The van der Waals surface area contributed by atoms with Crippen molar-refractivity contribution in [1.82, 2.24) is 20.2 Å². The molecule has 0 radical (unpaired) electrons. The number of aromatic nitrogens is 2. The smallest absolute Gasteiger partial charge is 0.151 e. The second-order valence-electron chi connectivity index (χ2n) is 10.2. The SMILES string of the molecule is [CH2-]C(CCC(=N)c1nc(-c2ccc(CC(C)C)cc2)cnc1N)N1CCCC(CNCCC)C1. The Hall–Kier alpha value is -2.31. The summed E-state index contributed by atoms with van der Waals surface area (Å²) < 4.78 is 0. The van der Waals surface area contributed by atoms with Crippen LogP contribution in [0.5, 0.6) is 0 Å². The van der Waals surface area contributed by atoms with Crippen LogP contribution in [-0.4, -0.2) is 52.8 Å². The van der Waals surface area contributed by atoms with Crippen LogP contribution in [0.3, 0.4) is 0 Å². The molecule has 34 heavy (non-hydrogen) atoms. The molecule has 2 heterocycles. The monoisotopic (exact) mass is 463 g/mol. The van der Waals surface area contributed by atoms with Gasteiger partial charge >= 0.3 is 0 Å². The number of anilines is 1. The number of hydrogen-bond acceptors (Lipinski definition) is 6. The molecule has 6 nitrogen and oxygen atoms in total. The first-order valence-electron chi connectivity index (χ1n) is 12.9. The number of piperidine rings is 1. The van der Waals surface area contributed by atoms with E-state index in [2.05, 4.69) is 67.2 Å². The molecule has 0 aliphatic carbocycles. The molecule has 2 atom stereocenters. The van der Waals surface area contributed by atoms with E-state index >= 15 is 0 Å². The van der Waals surface area contributed by atoms with Crippen LogP contribution in [0.15, 0.2) is 30.5 Å². The van der Waals surface area contributed by atoms with Crippen molar-refractivity contribution in [2.45, 2.75) is 65.3 Å². The Balaban J connectivity index is 1.58. The van der Waals surface area contributed by atoms with E-state index in [-0.39, 0.29) is 6.04 Å². The zero-order valence-electron chi connectivity index (χ0n) is 21.3. The molecule has 2 aromatic rings. The lowest BCUT2D eigenvalue weighted by Gasteiger charge is -2.40. The second kappa shape index (κ2) is 13.0. The van der Waals surface area contributed by atoms with Crippen LogP contribution >= 0.6 is 0 Å². The molecular weight excluding hydrogens is 420 g/mol. The fraction of sp³-hybridized carbons (Fsp3) is 0.571. The second-order valence-corrected chi connectivity index (χ2v) is 10.2. The standard InChI is InChI=1S/C28H43N6/c1-5-14-31-17-23-7-6-15-34(19-23)21(4)8-13-25(29)27-28(30)32-18-26(33-27)24-11-9-22(10-12-24)16-20(2)3/h9-12,18,20-21,23,29,31H,4-8,13-17,19H2,1-3H3,(H2,30,32)/q-1. The average Bonchev–Trinajstić information content (AvgIpc) is 2.83. The molecular formula is C28H43N6-. The van der Waals surface area contributed by atoms with Crippen molar-refractivity contribution in [2.24, 2.45) is 11.8 Å². The van der Waals surface area contributed by atoms with E-state index in [1.165, 1.54) is 24.8 Å². The van der Waals surface area contributed by atoms with Crippen LogP contribution < -0.4 is 11.1 Å². The normalized spacial score (nSPS) is 17.7. The lowest BCUT2D eigenvalue weighted by Crippen LogP contribution is -2.44. The minimum absolute atomic E-state index is 0.195. The van der Waals surface area contributed by atoms with Crippen molar-refractivity contribution in [3.8, 4) is 11.3 Å². The zero-order chi connectivity index (χ0) is 24.5. The maximum atomic E-state index is 8.66. The van der Waals surface area contributed by atoms with E-state index in [9.17, 15) is 0 Å². The predicted molar refractivity (Wildman–Crippen MR) is 143 cm³/mol. The van der Waals surface area contributed by atoms with Gasteiger partial charge < -0.3 is 28.3 Å². The first-order valence-corrected chi connectivity index (χ1v) is 12.9. The van der Waals surface area contributed by atoms with Gasteiger partial charge in [-0.25, -0.2) is 9.97 Å². The largest absolute Gasteiger partial charge is 0.382 e. The van der Waals surface area contributed by atoms with E-state index in [0.717, 1.165) is 50.3 Å². The van der Waals surface area contributed by atoms with Gasteiger partial charge in [-0.3, -0.25) is 0 Å². The molecule has 3 rings (SSSR count). The Bertz CT molecular complexity index is 908. The average molecular weight is 464 g/mol. The summed E-state index contributed by atoms with van der Waals surface area (Å²) >= 11 is 0. The van der Waals surface area contributed by atoms with Gasteiger partial charge in [-0.2, -0.15) is 0 Å². The Kier molecular flexibility index (Phi) is 10.0. The highest BCUT2D eigenvalue weighted by atomic mass is 15.2. The minimum atomic E-state index is 0.195. The maximum Gasteiger partial charge on any atom is 0.151 e. The van der Waals surface area contributed by atoms with Gasteiger partial charge in [0.1, 0.15) is 5.69 Å². The Morgan fingerprint density at radius 3 is 2.76 bits per heavy atom. The predicted octanol–water partition coefficient (Wildman–Crippen LogP) is 4.99. The van der Waals surface area contributed by atoms with Crippen molar-refractivity contribution in [2.75, 3.05) is 31.9 Å². The van der Waals surface area contributed by atoms with Gasteiger partial charge in [0.25, 0.3) is 0 Å². The first kappa shape index (κ1) is 26.3. The Morgan fingerprint density at radius 1 is 1.29 bits per heavy atom. The number of benzene rings is 1. The van der Waals surface area contributed by atoms with Gasteiger partial charge in [-0.1, -0.05) is 51.5 Å². The number of nitrogens with one attached hydrogen (secondary N) is 2. The van der Waals surface area contributed by atoms with Gasteiger partial charge in [-0.05, 0) is 75.7 Å². The fourth-order valence-electron chi connectivity index (χ4n) is 4.73. The highest BCUT2D eigenvalue weighted by molar-refractivity contribution is 6.00. The van der Waals surface area contributed by atoms with E-state index in [0.29, 0.717) is 35.5 Å². The van der Waals surface area contributed by atoms with E-state index in [4.69, 9.17) is 16.1 Å². The Labute approximate surface area is 206 Å². The molecule has 186 valence electrons. The van der Waals surface area contributed by atoms with Crippen LogP contribution in [0.2, 0.25) is 0 Å². The first-order chi connectivity index (χ1) is 16.4. The van der Waals surface area contributed by atoms with E-state index < -0.39 is 0 Å². The number of rotatable bonds is 12. The van der Waals surface area contributed by atoms with Crippen LogP contribution in [0.4, 0.5) is 5.82 Å². The van der Waals surface area contributed by atoms with Gasteiger partial charge in [-0.15, -0.1) is 6.04 Å². The Morgan fingerprint density at radius 2 is 2.06 bits per heavy atom. The van der Waals surface area contributed by atoms with Gasteiger partial charge in [0.2, 0.25) is 0 Å².